The molecule has 2 aromatic heterocycles. The quantitative estimate of drug-likeness (QED) is 0.536. The van der Waals surface area contributed by atoms with Crippen molar-refractivity contribution < 1.29 is 4.79 Å². The van der Waals surface area contributed by atoms with E-state index in [0.29, 0.717) is 18.8 Å². The molecule has 5 nitrogen and oxygen atoms in total. The fourth-order valence-corrected chi connectivity index (χ4v) is 7.14. The van der Waals surface area contributed by atoms with Crippen molar-refractivity contribution in [2.24, 2.45) is 0 Å². The molecule has 144 valence electrons. The highest BCUT2D eigenvalue weighted by molar-refractivity contribution is 9.11. The molecule has 2 aliphatic heterocycles. The molecule has 1 amide bonds. The van der Waals surface area contributed by atoms with E-state index in [1.54, 1.807) is 23.1 Å². The summed E-state index contributed by atoms with van der Waals surface area (Å²) in [6.45, 7) is 2.87. The first kappa shape index (κ1) is 18.5. The van der Waals surface area contributed by atoms with Crippen LogP contribution in [0, 0.1) is 0 Å². The van der Waals surface area contributed by atoms with Crippen molar-refractivity contribution in [2.75, 3.05) is 31.1 Å². The molecule has 0 aliphatic carbocycles. The third-order valence-electron chi connectivity index (χ3n) is 5.11. The fraction of sp³-hybridized carbons (Fsp3) is 0.263. The maximum absolute atomic E-state index is 13.2. The molecule has 9 heteroatoms. The maximum atomic E-state index is 13.2. The number of piperazine rings is 1. The highest BCUT2D eigenvalue weighted by Crippen LogP contribution is 2.47. The molecule has 1 fully saturated rings. The van der Waals surface area contributed by atoms with Crippen LogP contribution in [0.4, 0.5) is 5.69 Å². The van der Waals surface area contributed by atoms with Gasteiger partial charge in [0.1, 0.15) is 5.69 Å². The van der Waals surface area contributed by atoms with Gasteiger partial charge in [0, 0.05) is 43.1 Å². The Bertz CT molecular complexity index is 1060. The Labute approximate surface area is 184 Å². The Balaban J connectivity index is 1.34. The summed E-state index contributed by atoms with van der Waals surface area (Å²) in [5.74, 6) is 0.804. The monoisotopic (exact) mass is 494 g/mol. The van der Waals surface area contributed by atoms with E-state index in [1.165, 1.54) is 4.21 Å². The van der Waals surface area contributed by atoms with Gasteiger partial charge in [-0.05, 0) is 34.1 Å². The number of halogens is 2. The lowest BCUT2D eigenvalue weighted by molar-refractivity contribution is 0.0740. The number of aromatic nitrogens is 2. The Morgan fingerprint density at radius 1 is 1.21 bits per heavy atom. The number of nitrogens with zero attached hydrogens (tertiary/aromatic N) is 3. The summed E-state index contributed by atoms with van der Waals surface area (Å²) >= 11 is 13.4. The summed E-state index contributed by atoms with van der Waals surface area (Å²) in [4.78, 5) is 17.3. The smallest absolute Gasteiger partial charge is 0.272 e. The Hall–Kier alpha value is -1.48. The summed E-state index contributed by atoms with van der Waals surface area (Å²) in [6, 6.07) is 9.94. The van der Waals surface area contributed by atoms with E-state index in [4.69, 9.17) is 11.6 Å². The lowest BCUT2D eigenvalue weighted by Crippen LogP contribution is -2.49. The Kier molecular flexibility index (Phi) is 4.90. The van der Waals surface area contributed by atoms with Crippen molar-refractivity contribution in [1.82, 2.24) is 15.1 Å². The van der Waals surface area contributed by atoms with Gasteiger partial charge in [-0.25, -0.2) is 0 Å². The van der Waals surface area contributed by atoms with Crippen LogP contribution in [-0.4, -0.2) is 47.2 Å². The molecule has 0 unspecified atom stereocenters. The van der Waals surface area contributed by atoms with E-state index < -0.39 is 0 Å². The van der Waals surface area contributed by atoms with Gasteiger partial charge in [-0.2, -0.15) is 5.10 Å². The van der Waals surface area contributed by atoms with E-state index in [1.807, 2.05) is 29.2 Å². The second-order valence-corrected chi connectivity index (χ2v) is 10.8. The minimum Gasteiger partial charge on any atom is -0.367 e. The number of anilines is 1. The zero-order valence-electron chi connectivity index (χ0n) is 14.7. The number of carbonyl (C=O) groups excluding carboxylic acids is 1. The van der Waals surface area contributed by atoms with Crippen molar-refractivity contribution in [3.8, 4) is 11.3 Å². The fourth-order valence-electron chi connectivity index (χ4n) is 3.68. The molecule has 0 atom stereocenters. The summed E-state index contributed by atoms with van der Waals surface area (Å²) in [7, 11) is 0. The third-order valence-corrected chi connectivity index (χ3v) is 8.38. The number of fused-ring (bicyclic) bond motifs is 3. The van der Waals surface area contributed by atoms with E-state index >= 15 is 0 Å². The minimum absolute atomic E-state index is 0.0332. The number of hydrogen-bond acceptors (Lipinski definition) is 5. The van der Waals surface area contributed by atoms with Gasteiger partial charge in [0.2, 0.25) is 0 Å². The van der Waals surface area contributed by atoms with Crippen LogP contribution in [0.15, 0.2) is 38.3 Å². The van der Waals surface area contributed by atoms with Crippen LogP contribution >= 0.6 is 50.6 Å². The van der Waals surface area contributed by atoms with E-state index in [-0.39, 0.29) is 5.91 Å². The topological polar surface area (TPSA) is 52.2 Å². The van der Waals surface area contributed by atoms with Crippen molar-refractivity contribution in [2.45, 2.75) is 9.96 Å². The lowest BCUT2D eigenvalue weighted by atomic mass is 10.1. The molecule has 1 aromatic carbocycles. The molecule has 0 saturated carbocycles. The predicted octanol–water partition coefficient (Wildman–Crippen LogP) is 5.12. The normalized spacial score (nSPS) is 16.1. The van der Waals surface area contributed by atoms with Crippen LogP contribution in [0.2, 0.25) is 5.02 Å². The summed E-state index contributed by atoms with van der Waals surface area (Å²) in [5, 5.41) is 8.24. The van der Waals surface area contributed by atoms with Gasteiger partial charge in [0.15, 0.2) is 0 Å². The number of hydrogen-bond donors (Lipinski definition) is 1. The van der Waals surface area contributed by atoms with Crippen molar-refractivity contribution in [3.63, 3.8) is 0 Å². The number of H-pyrrole nitrogens is 1. The van der Waals surface area contributed by atoms with Crippen LogP contribution in [-0.2, 0) is 5.75 Å². The molecule has 1 saturated heterocycles. The maximum Gasteiger partial charge on any atom is 0.272 e. The second-order valence-electron chi connectivity index (χ2n) is 6.70. The predicted molar refractivity (Wildman–Crippen MR) is 119 cm³/mol. The van der Waals surface area contributed by atoms with Gasteiger partial charge in [-0.1, -0.05) is 23.7 Å². The van der Waals surface area contributed by atoms with Crippen LogP contribution in [0.1, 0.15) is 16.1 Å². The number of para-hydroxylation sites is 1. The van der Waals surface area contributed by atoms with Crippen LogP contribution in [0.5, 0.6) is 0 Å². The molecule has 5 rings (SSSR count). The standard InChI is InChI=1S/C19H16BrClN4OS2/c20-15-9-11-16-12(10-27-19(11)28-15)17(23-22-16)18(26)25-7-5-24(6-8-25)14-4-2-1-3-13(14)21/h1-4,9H,5-8,10H2,(H,22,23). The summed E-state index contributed by atoms with van der Waals surface area (Å²) in [6.07, 6.45) is 0. The number of thiophene rings is 1. The van der Waals surface area contributed by atoms with Crippen LogP contribution < -0.4 is 4.90 Å². The first-order valence-electron chi connectivity index (χ1n) is 8.90. The molecule has 4 heterocycles. The molecule has 0 spiro atoms. The van der Waals surface area contributed by atoms with E-state index in [0.717, 1.165) is 50.2 Å². The van der Waals surface area contributed by atoms with Gasteiger partial charge >= 0.3 is 0 Å². The largest absolute Gasteiger partial charge is 0.367 e. The zero-order chi connectivity index (χ0) is 19.3. The highest BCUT2D eigenvalue weighted by Gasteiger charge is 2.31. The molecule has 3 aromatic rings. The van der Waals surface area contributed by atoms with Crippen molar-refractivity contribution in [3.05, 3.63) is 50.4 Å². The van der Waals surface area contributed by atoms with Crippen molar-refractivity contribution >= 4 is 62.2 Å². The van der Waals surface area contributed by atoms with Crippen LogP contribution in [0.25, 0.3) is 11.3 Å². The molecule has 0 bridgehead atoms. The SMILES string of the molecule is O=C(c1[nH]nc2c1CSc1sc(Br)cc1-2)N1CCN(c2ccccc2Cl)CC1. The number of thioether (sulfide) groups is 1. The van der Waals surface area contributed by atoms with Gasteiger partial charge in [-0.15, -0.1) is 23.1 Å². The third kappa shape index (κ3) is 3.16. The number of rotatable bonds is 2. The Morgan fingerprint density at radius 2 is 2.00 bits per heavy atom. The number of nitrogens with one attached hydrogen (secondary N) is 1. The van der Waals surface area contributed by atoms with Crippen LogP contribution in [0.3, 0.4) is 0 Å². The molecule has 1 N–H and O–H groups in total. The van der Waals surface area contributed by atoms with Gasteiger partial charge in [-0.3, -0.25) is 9.89 Å². The average Bonchev–Trinajstić information content (AvgIpc) is 3.30. The minimum atomic E-state index is 0.0332. The molecule has 0 radical (unpaired) electrons. The zero-order valence-corrected chi connectivity index (χ0v) is 18.7. The number of amides is 1. The number of benzene rings is 1. The first-order chi connectivity index (χ1) is 13.6. The molecule has 2 aliphatic rings. The molecular formula is C19H16BrClN4OS2. The van der Waals surface area contributed by atoms with E-state index in [9.17, 15) is 4.79 Å². The summed E-state index contributed by atoms with van der Waals surface area (Å²) < 4.78 is 2.34. The van der Waals surface area contributed by atoms with Gasteiger partial charge < -0.3 is 9.80 Å². The van der Waals surface area contributed by atoms with E-state index in [2.05, 4.69) is 37.1 Å². The molecular weight excluding hydrogens is 480 g/mol. The van der Waals surface area contributed by atoms with Gasteiger partial charge in [0.05, 0.1) is 24.4 Å². The second kappa shape index (κ2) is 7.40. The lowest BCUT2D eigenvalue weighted by Gasteiger charge is -2.36. The number of aromatic amines is 1. The highest BCUT2D eigenvalue weighted by atomic mass is 79.9. The molecule has 28 heavy (non-hydrogen) atoms. The van der Waals surface area contributed by atoms with Gasteiger partial charge in [0.25, 0.3) is 5.91 Å². The summed E-state index contributed by atoms with van der Waals surface area (Å²) in [5.41, 5.74) is 4.70. The first-order valence-corrected chi connectivity index (χ1v) is 11.9. The Morgan fingerprint density at radius 3 is 2.79 bits per heavy atom. The average molecular weight is 496 g/mol. The number of carbonyl (C=O) groups is 1. The van der Waals surface area contributed by atoms with Crippen molar-refractivity contribution in [1.29, 1.82) is 0 Å².